The zero-order valence-electron chi connectivity index (χ0n) is 16.1. The first-order chi connectivity index (χ1) is 13.4. The molecule has 4 heterocycles. The van der Waals surface area contributed by atoms with Crippen LogP contribution in [0, 0.1) is 16.5 Å². The van der Waals surface area contributed by atoms with Crippen LogP contribution < -0.4 is 5.32 Å². The SMILES string of the molecule is C/C=C1/C[N+]2([O-])CC[C@@]34c5ccccc5NC32[C@@H](O)C[C@@H]1[C@@]4(CO)C(=O)OC. The normalized spacial score (nSPS) is 46.7. The number of ether oxygens (including phenoxy) is 1. The average Bonchev–Trinajstić information content (AvgIpc) is 3.12. The number of para-hydroxylation sites is 1. The summed E-state index contributed by atoms with van der Waals surface area (Å²) in [5, 5.41) is 40.0. The summed E-state index contributed by atoms with van der Waals surface area (Å²) >= 11 is 0. The van der Waals surface area contributed by atoms with E-state index in [1.807, 2.05) is 37.3 Å². The summed E-state index contributed by atoms with van der Waals surface area (Å²) in [6, 6.07) is 7.55. The third-order valence-electron chi connectivity index (χ3n) is 8.21. The lowest BCUT2D eigenvalue weighted by Crippen LogP contribution is -2.78. The Bertz CT molecular complexity index is 903. The highest BCUT2D eigenvalue weighted by molar-refractivity contribution is 5.85. The van der Waals surface area contributed by atoms with Gasteiger partial charge in [-0.25, -0.2) is 0 Å². The Morgan fingerprint density at radius 1 is 1.46 bits per heavy atom. The van der Waals surface area contributed by atoms with Gasteiger partial charge in [0.1, 0.15) is 18.1 Å². The molecule has 4 bridgehead atoms. The molecule has 1 aromatic rings. The van der Waals surface area contributed by atoms with Crippen molar-refractivity contribution in [1.29, 1.82) is 0 Å². The van der Waals surface area contributed by atoms with Crippen LogP contribution in [-0.4, -0.2) is 59.4 Å². The van der Waals surface area contributed by atoms with Gasteiger partial charge in [0.05, 0.1) is 25.7 Å². The number of nitrogens with zero attached hydrogens (tertiary/aromatic N) is 1. The molecular weight excluding hydrogens is 360 g/mol. The molecule has 1 saturated carbocycles. The Balaban J connectivity index is 1.96. The van der Waals surface area contributed by atoms with Crippen molar-refractivity contribution in [3.05, 3.63) is 46.7 Å². The molecule has 6 rings (SSSR count). The van der Waals surface area contributed by atoms with Crippen molar-refractivity contribution < 1.29 is 24.4 Å². The van der Waals surface area contributed by atoms with Crippen LogP contribution in [-0.2, 0) is 14.9 Å². The quantitative estimate of drug-likeness (QED) is 0.306. The number of hydrogen-bond donors (Lipinski definition) is 3. The van der Waals surface area contributed by atoms with Crippen molar-refractivity contribution in [2.24, 2.45) is 11.3 Å². The zero-order valence-corrected chi connectivity index (χ0v) is 16.1. The van der Waals surface area contributed by atoms with E-state index in [4.69, 9.17) is 4.74 Å². The zero-order chi connectivity index (χ0) is 19.9. The summed E-state index contributed by atoms with van der Waals surface area (Å²) in [6.07, 6.45) is 1.56. The minimum atomic E-state index is -1.33. The summed E-state index contributed by atoms with van der Waals surface area (Å²) in [6.45, 7) is 1.88. The highest BCUT2D eigenvalue weighted by Gasteiger charge is 2.87. The second-order valence-corrected chi connectivity index (χ2v) is 8.65. The van der Waals surface area contributed by atoms with Crippen LogP contribution in [0.5, 0.6) is 0 Å². The summed E-state index contributed by atoms with van der Waals surface area (Å²) in [5.41, 5.74) is -1.30. The molecule has 4 aliphatic heterocycles. The largest absolute Gasteiger partial charge is 0.631 e. The first-order valence-corrected chi connectivity index (χ1v) is 9.87. The van der Waals surface area contributed by atoms with Crippen molar-refractivity contribution in [2.75, 3.05) is 32.1 Å². The van der Waals surface area contributed by atoms with Gasteiger partial charge in [0.2, 0.25) is 5.66 Å². The number of anilines is 1. The minimum absolute atomic E-state index is 0.194. The molecule has 3 N–H and O–H groups in total. The van der Waals surface area contributed by atoms with Crippen molar-refractivity contribution in [2.45, 2.75) is 36.9 Å². The second-order valence-electron chi connectivity index (χ2n) is 8.65. The van der Waals surface area contributed by atoms with E-state index in [1.54, 1.807) is 0 Å². The lowest BCUT2D eigenvalue weighted by Gasteiger charge is -2.60. The minimum Gasteiger partial charge on any atom is -0.631 e. The number of aliphatic hydroxyl groups is 2. The monoisotopic (exact) mass is 386 g/mol. The van der Waals surface area contributed by atoms with E-state index in [2.05, 4.69) is 5.32 Å². The number of carbonyl (C=O) groups excluding carboxylic acids is 1. The smallest absolute Gasteiger partial charge is 0.316 e. The fraction of sp³-hybridized carbons (Fsp3) is 0.571. The third-order valence-corrected chi connectivity index (χ3v) is 8.21. The molecule has 5 aliphatic rings. The average molecular weight is 386 g/mol. The van der Waals surface area contributed by atoms with Gasteiger partial charge in [-0.05, 0) is 30.5 Å². The topological polar surface area (TPSA) is 102 Å². The van der Waals surface area contributed by atoms with E-state index in [9.17, 15) is 20.2 Å². The van der Waals surface area contributed by atoms with Crippen LogP contribution in [0.3, 0.4) is 0 Å². The summed E-state index contributed by atoms with van der Waals surface area (Å²) in [4.78, 5) is 13.4. The first kappa shape index (κ1) is 18.1. The van der Waals surface area contributed by atoms with Gasteiger partial charge in [-0.1, -0.05) is 24.3 Å². The number of carbonyl (C=O) groups is 1. The number of allylic oxidation sites excluding steroid dienone is 1. The number of fused-ring (bicyclic) bond motifs is 3. The molecule has 2 unspecified atom stereocenters. The number of rotatable bonds is 2. The Labute approximate surface area is 163 Å². The molecule has 1 aromatic carbocycles. The first-order valence-electron chi connectivity index (χ1n) is 9.87. The third kappa shape index (κ3) is 1.51. The molecule has 1 aliphatic carbocycles. The molecule has 28 heavy (non-hydrogen) atoms. The molecule has 4 fully saturated rings. The van der Waals surface area contributed by atoms with E-state index in [-0.39, 0.29) is 19.5 Å². The maximum atomic E-state index is 14.3. The van der Waals surface area contributed by atoms with Crippen molar-refractivity contribution in [3.63, 3.8) is 0 Å². The number of methoxy groups -OCH3 is 1. The maximum absolute atomic E-state index is 14.3. The predicted molar refractivity (Wildman–Crippen MR) is 102 cm³/mol. The molecule has 3 saturated heterocycles. The van der Waals surface area contributed by atoms with E-state index >= 15 is 0 Å². The van der Waals surface area contributed by atoms with Crippen LogP contribution in [0.1, 0.15) is 25.3 Å². The van der Waals surface area contributed by atoms with Gasteiger partial charge in [-0.15, -0.1) is 0 Å². The summed E-state index contributed by atoms with van der Waals surface area (Å²) in [7, 11) is 1.33. The number of quaternary nitrogens is 1. The van der Waals surface area contributed by atoms with Crippen LogP contribution >= 0.6 is 0 Å². The van der Waals surface area contributed by atoms with Gasteiger partial charge in [0, 0.05) is 18.0 Å². The van der Waals surface area contributed by atoms with Gasteiger partial charge in [0.25, 0.3) is 0 Å². The maximum Gasteiger partial charge on any atom is 0.316 e. The van der Waals surface area contributed by atoms with Crippen LogP contribution in [0.15, 0.2) is 35.9 Å². The van der Waals surface area contributed by atoms with Gasteiger partial charge in [-0.3, -0.25) is 4.79 Å². The fourth-order valence-electron chi connectivity index (χ4n) is 7.29. The van der Waals surface area contributed by atoms with E-state index in [0.717, 1.165) is 16.8 Å². The van der Waals surface area contributed by atoms with Gasteiger partial charge < -0.3 is 30.1 Å². The molecule has 6 atom stereocenters. The Morgan fingerprint density at radius 3 is 2.89 bits per heavy atom. The second kappa shape index (κ2) is 5.36. The molecule has 1 spiro atoms. The molecule has 7 nitrogen and oxygen atoms in total. The predicted octanol–water partition coefficient (Wildman–Crippen LogP) is 1.26. The van der Waals surface area contributed by atoms with Crippen LogP contribution in [0.25, 0.3) is 0 Å². The fourth-order valence-corrected chi connectivity index (χ4v) is 7.29. The Hall–Kier alpha value is -1.93. The van der Waals surface area contributed by atoms with Crippen molar-refractivity contribution >= 4 is 11.7 Å². The van der Waals surface area contributed by atoms with Crippen LogP contribution in [0.4, 0.5) is 5.69 Å². The molecule has 0 aromatic heterocycles. The number of esters is 1. The number of benzene rings is 1. The van der Waals surface area contributed by atoms with E-state index in [0.29, 0.717) is 6.42 Å². The van der Waals surface area contributed by atoms with Crippen LogP contribution in [0.2, 0.25) is 0 Å². The Kier molecular flexibility index (Phi) is 3.47. The van der Waals surface area contributed by atoms with Gasteiger partial charge in [0.15, 0.2) is 0 Å². The number of hydrogen-bond acceptors (Lipinski definition) is 6. The van der Waals surface area contributed by atoms with Crippen molar-refractivity contribution in [3.8, 4) is 0 Å². The van der Waals surface area contributed by atoms with E-state index < -0.39 is 45.7 Å². The van der Waals surface area contributed by atoms with E-state index in [1.165, 1.54) is 7.11 Å². The highest BCUT2D eigenvalue weighted by Crippen LogP contribution is 2.74. The standard InChI is InChI=1S/C21H26N2O5/c1-3-13-11-23(27)9-8-20-14-6-4-5-7-16(14)22-21(20,23)17(25)10-15(13)19(20,12-24)18(26)28-2/h3-7,15,17,22,24-25H,8-12H2,1-2H3/b13-3-/t15-,17-,19-,20-,21?,23?/m0/s1. The molecular formula is C21H26N2O5. The number of hydroxylamine groups is 3. The molecule has 0 radical (unpaired) electrons. The van der Waals surface area contributed by atoms with Crippen molar-refractivity contribution in [1.82, 2.24) is 0 Å². The Morgan fingerprint density at radius 2 is 2.21 bits per heavy atom. The van der Waals surface area contributed by atoms with Gasteiger partial charge in [-0.2, -0.15) is 0 Å². The highest BCUT2D eigenvalue weighted by atomic mass is 16.6. The lowest BCUT2D eigenvalue weighted by molar-refractivity contribution is -0.916. The molecule has 7 heteroatoms. The molecule has 150 valence electrons. The lowest BCUT2D eigenvalue weighted by atomic mass is 9.45. The number of nitrogens with one attached hydrogen (secondary N) is 1. The summed E-state index contributed by atoms with van der Waals surface area (Å²) in [5.74, 6) is -0.968. The van der Waals surface area contributed by atoms with Gasteiger partial charge >= 0.3 is 5.97 Å². The number of aliphatic hydroxyl groups excluding tert-OH is 2. The summed E-state index contributed by atoms with van der Waals surface area (Å²) < 4.78 is 4.63. The molecule has 0 amide bonds.